The first-order valence-corrected chi connectivity index (χ1v) is 3.91. The van der Waals surface area contributed by atoms with E-state index in [2.05, 4.69) is 19.4 Å². The second kappa shape index (κ2) is 1.86. The maximum Gasteiger partial charge on any atom is -0.0166 e. The molecule has 2 rings (SSSR count). The Morgan fingerprint density at radius 1 is 1.67 bits per heavy atom. The van der Waals surface area contributed by atoms with Gasteiger partial charge < -0.3 is 0 Å². The van der Waals surface area contributed by atoms with Crippen molar-refractivity contribution in [1.29, 1.82) is 0 Å². The van der Waals surface area contributed by atoms with E-state index in [0.717, 1.165) is 11.8 Å². The molecule has 49 valence electrons. The summed E-state index contributed by atoms with van der Waals surface area (Å²) in [5.74, 6) is 2.07. The van der Waals surface area contributed by atoms with Crippen LogP contribution in [-0.4, -0.2) is 0 Å². The Bertz CT molecular complexity index is 144. The highest BCUT2D eigenvalue weighted by Gasteiger charge is 2.39. The van der Waals surface area contributed by atoms with E-state index in [4.69, 9.17) is 0 Å². The molecule has 1 saturated carbocycles. The lowest BCUT2D eigenvalue weighted by Gasteiger charge is -2.08. The summed E-state index contributed by atoms with van der Waals surface area (Å²) in [6, 6.07) is 0. The Morgan fingerprint density at radius 3 is 3.22 bits per heavy atom. The van der Waals surface area contributed by atoms with Gasteiger partial charge in [0.25, 0.3) is 0 Å². The van der Waals surface area contributed by atoms with Crippen molar-refractivity contribution in [2.75, 3.05) is 0 Å². The van der Waals surface area contributed by atoms with Gasteiger partial charge in [0.1, 0.15) is 0 Å². The second-order valence-corrected chi connectivity index (χ2v) is 3.17. The number of allylic oxidation sites excluding steroid dienone is 2. The average molecular weight is 121 g/mol. The first-order valence-electron chi connectivity index (χ1n) is 3.91. The van der Waals surface area contributed by atoms with Crippen molar-refractivity contribution >= 4 is 0 Å². The molecular weight excluding hydrogens is 108 g/mol. The molecule has 0 saturated heterocycles. The Hall–Kier alpha value is -0.260. The normalized spacial score (nSPS) is 39.4. The highest BCUT2D eigenvalue weighted by Crippen LogP contribution is 2.50. The van der Waals surface area contributed by atoms with Crippen LogP contribution in [0.1, 0.15) is 26.2 Å². The predicted molar refractivity (Wildman–Crippen MR) is 38.9 cm³/mol. The van der Waals surface area contributed by atoms with Gasteiger partial charge in [-0.15, -0.1) is 0 Å². The molecule has 0 aromatic heterocycles. The van der Waals surface area contributed by atoms with Gasteiger partial charge in [0.05, 0.1) is 0 Å². The summed E-state index contributed by atoms with van der Waals surface area (Å²) in [5.41, 5.74) is 1.63. The van der Waals surface area contributed by atoms with Crippen LogP contribution >= 0.6 is 0 Å². The summed E-state index contributed by atoms with van der Waals surface area (Å²) in [4.78, 5) is 0. The Kier molecular flexibility index (Phi) is 1.14. The minimum atomic E-state index is 0.990. The molecule has 0 N–H and O–H groups in total. The molecule has 2 aliphatic carbocycles. The van der Waals surface area contributed by atoms with Gasteiger partial charge in [0.2, 0.25) is 0 Å². The number of hydrogen-bond acceptors (Lipinski definition) is 0. The van der Waals surface area contributed by atoms with Crippen LogP contribution in [0.25, 0.3) is 0 Å². The van der Waals surface area contributed by atoms with Crippen LogP contribution in [0.15, 0.2) is 11.6 Å². The van der Waals surface area contributed by atoms with Crippen LogP contribution in [0.4, 0.5) is 0 Å². The molecule has 0 spiro atoms. The maximum absolute atomic E-state index is 2.41. The van der Waals surface area contributed by atoms with Crippen molar-refractivity contribution in [3.05, 3.63) is 18.1 Å². The molecule has 2 aliphatic rings. The summed E-state index contributed by atoms with van der Waals surface area (Å²) >= 11 is 0. The molecule has 0 aliphatic heterocycles. The molecule has 9 heavy (non-hydrogen) atoms. The van der Waals surface area contributed by atoms with E-state index in [9.17, 15) is 0 Å². The first kappa shape index (κ1) is 5.52. The van der Waals surface area contributed by atoms with Crippen LogP contribution in [-0.2, 0) is 0 Å². The van der Waals surface area contributed by atoms with Crippen LogP contribution in [0, 0.1) is 18.3 Å². The van der Waals surface area contributed by atoms with Crippen LogP contribution in [0.2, 0.25) is 0 Å². The van der Waals surface area contributed by atoms with Crippen molar-refractivity contribution < 1.29 is 0 Å². The Balaban J connectivity index is 2.10. The fourth-order valence-electron chi connectivity index (χ4n) is 1.92. The largest absolute Gasteiger partial charge is 0.0847 e. The van der Waals surface area contributed by atoms with Crippen LogP contribution < -0.4 is 0 Å². The monoisotopic (exact) mass is 121 g/mol. The molecular formula is C9H13. The topological polar surface area (TPSA) is 0 Å². The Labute approximate surface area is 57.0 Å². The minimum Gasteiger partial charge on any atom is -0.0847 e. The van der Waals surface area contributed by atoms with Crippen LogP contribution in [0.5, 0.6) is 0 Å². The zero-order valence-corrected chi connectivity index (χ0v) is 5.93. The van der Waals surface area contributed by atoms with Gasteiger partial charge in [-0.2, -0.15) is 0 Å². The molecule has 1 radical (unpaired) electrons. The highest BCUT2D eigenvalue weighted by atomic mass is 14.4. The van der Waals surface area contributed by atoms with E-state index < -0.39 is 0 Å². The van der Waals surface area contributed by atoms with E-state index in [0.29, 0.717) is 0 Å². The predicted octanol–water partition coefficient (Wildman–Crippen LogP) is 2.57. The summed E-state index contributed by atoms with van der Waals surface area (Å²) in [6.45, 7) is 2.16. The van der Waals surface area contributed by atoms with Crippen molar-refractivity contribution in [3.8, 4) is 0 Å². The number of rotatable bonds is 1. The number of hydrogen-bond donors (Lipinski definition) is 0. The molecule has 0 heteroatoms. The third-order valence-corrected chi connectivity index (χ3v) is 2.60. The third kappa shape index (κ3) is 0.810. The summed E-state index contributed by atoms with van der Waals surface area (Å²) in [5, 5.41) is 0. The van der Waals surface area contributed by atoms with Gasteiger partial charge in [-0.3, -0.25) is 0 Å². The average Bonchev–Trinajstić information content (AvgIpc) is 2.64. The van der Waals surface area contributed by atoms with Crippen molar-refractivity contribution in [2.45, 2.75) is 26.2 Å². The van der Waals surface area contributed by atoms with E-state index in [1.807, 2.05) is 0 Å². The maximum atomic E-state index is 2.41. The molecule has 0 heterocycles. The zero-order chi connectivity index (χ0) is 6.27. The fraction of sp³-hybridized carbons (Fsp3) is 0.667. The number of fused-ring (bicyclic) bond motifs is 1. The van der Waals surface area contributed by atoms with Crippen molar-refractivity contribution in [1.82, 2.24) is 0 Å². The standard InChI is InChI=1S/C9H13/c1-2-7-4-3-5-8-6-9(7)8/h2,4,8-9H,3,5-6H2,1H3. The van der Waals surface area contributed by atoms with E-state index in [1.165, 1.54) is 19.3 Å². The van der Waals surface area contributed by atoms with Gasteiger partial charge in [0.15, 0.2) is 0 Å². The molecule has 2 unspecified atom stereocenters. The zero-order valence-electron chi connectivity index (χ0n) is 5.93. The fourth-order valence-corrected chi connectivity index (χ4v) is 1.92. The summed E-state index contributed by atoms with van der Waals surface area (Å²) in [6.07, 6.45) is 8.97. The molecule has 0 aromatic carbocycles. The second-order valence-electron chi connectivity index (χ2n) is 3.17. The molecule has 0 nitrogen and oxygen atoms in total. The molecule has 0 bridgehead atoms. The molecule has 0 aromatic rings. The van der Waals surface area contributed by atoms with E-state index >= 15 is 0 Å². The van der Waals surface area contributed by atoms with E-state index in [-0.39, 0.29) is 0 Å². The Morgan fingerprint density at radius 2 is 2.56 bits per heavy atom. The van der Waals surface area contributed by atoms with Gasteiger partial charge in [-0.25, -0.2) is 0 Å². The highest BCUT2D eigenvalue weighted by molar-refractivity contribution is 5.25. The quantitative estimate of drug-likeness (QED) is 0.500. The van der Waals surface area contributed by atoms with Gasteiger partial charge in [0, 0.05) is 0 Å². The van der Waals surface area contributed by atoms with Crippen molar-refractivity contribution in [2.24, 2.45) is 11.8 Å². The lowest BCUT2D eigenvalue weighted by atomic mass is 9.98. The summed E-state index contributed by atoms with van der Waals surface area (Å²) in [7, 11) is 0. The molecule has 0 amide bonds. The third-order valence-electron chi connectivity index (χ3n) is 2.60. The van der Waals surface area contributed by atoms with Gasteiger partial charge in [-0.05, 0) is 37.5 Å². The lowest BCUT2D eigenvalue weighted by Crippen LogP contribution is -1.94. The van der Waals surface area contributed by atoms with Gasteiger partial charge >= 0.3 is 0 Å². The lowest BCUT2D eigenvalue weighted by molar-refractivity contribution is 0.663. The minimum absolute atomic E-state index is 0.990. The molecule has 1 fully saturated rings. The smallest absolute Gasteiger partial charge is 0.0166 e. The SMILES string of the molecule is C[CH]C1=CCCC2CC12. The van der Waals surface area contributed by atoms with E-state index in [1.54, 1.807) is 5.57 Å². The first-order chi connectivity index (χ1) is 4.42. The summed E-state index contributed by atoms with van der Waals surface area (Å²) < 4.78 is 0. The van der Waals surface area contributed by atoms with Crippen molar-refractivity contribution in [3.63, 3.8) is 0 Å². The van der Waals surface area contributed by atoms with Gasteiger partial charge in [-0.1, -0.05) is 18.6 Å². The molecule has 2 atom stereocenters. The van der Waals surface area contributed by atoms with Crippen LogP contribution in [0.3, 0.4) is 0 Å².